The van der Waals surface area contributed by atoms with Crippen LogP contribution in [-0.2, 0) is 11.3 Å². The van der Waals surface area contributed by atoms with Crippen LogP contribution in [0.4, 0.5) is 5.69 Å². The van der Waals surface area contributed by atoms with Gasteiger partial charge in [-0.05, 0) is 32.5 Å². The van der Waals surface area contributed by atoms with Gasteiger partial charge in [0.25, 0.3) is 0 Å². The Morgan fingerprint density at radius 3 is 2.56 bits per heavy atom. The van der Waals surface area contributed by atoms with E-state index in [4.69, 9.17) is 17.3 Å². The van der Waals surface area contributed by atoms with Gasteiger partial charge in [0.15, 0.2) is 11.5 Å². The van der Waals surface area contributed by atoms with E-state index in [0.29, 0.717) is 23.9 Å². The lowest BCUT2D eigenvalue weighted by Crippen LogP contribution is -2.51. The van der Waals surface area contributed by atoms with Crippen molar-refractivity contribution in [1.29, 1.82) is 0 Å². The Labute approximate surface area is 205 Å². The zero-order valence-corrected chi connectivity index (χ0v) is 20.7. The predicted molar refractivity (Wildman–Crippen MR) is 135 cm³/mol. The molecule has 182 valence electrons. The smallest absolute Gasteiger partial charge is 0.240 e. The van der Waals surface area contributed by atoms with Gasteiger partial charge < -0.3 is 26.2 Å². The molecule has 1 aliphatic rings. The molecule has 1 aliphatic heterocycles. The lowest BCUT2D eigenvalue weighted by molar-refractivity contribution is -0.126. The molecule has 4 rings (SSSR count). The van der Waals surface area contributed by atoms with Crippen LogP contribution in [0.5, 0.6) is 0 Å². The summed E-state index contributed by atoms with van der Waals surface area (Å²) in [5.41, 5.74) is 7.85. The van der Waals surface area contributed by atoms with Gasteiger partial charge in [-0.25, -0.2) is 0 Å². The number of amides is 1. The number of nitrogens with one attached hydrogen (secondary N) is 2. The number of nitrogens with zero attached hydrogens (tertiary/aromatic N) is 5. The summed E-state index contributed by atoms with van der Waals surface area (Å²) in [6.45, 7) is 8.17. The van der Waals surface area contributed by atoms with Crippen molar-refractivity contribution < 1.29 is 4.79 Å². The molecule has 1 atom stereocenters. The first-order chi connectivity index (χ1) is 16.2. The number of anilines is 1. The molecular weight excluding hydrogens is 452 g/mol. The SMILES string of the molecule is CN1CCN(c2cc(Cl)cn3c([C@@H](CNCc4ccccc4)NC(=O)C(C)(C)N)nnc23)CC1. The Bertz CT molecular complexity index is 1120. The molecule has 0 radical (unpaired) electrons. The van der Waals surface area contributed by atoms with Crippen molar-refractivity contribution in [1.82, 2.24) is 30.1 Å². The third kappa shape index (κ3) is 5.67. The summed E-state index contributed by atoms with van der Waals surface area (Å²) in [4.78, 5) is 17.4. The molecule has 3 heterocycles. The molecule has 1 saturated heterocycles. The molecule has 1 amide bonds. The fourth-order valence-corrected chi connectivity index (χ4v) is 4.19. The number of rotatable bonds is 8. The first kappa shape index (κ1) is 24.4. The zero-order valence-electron chi connectivity index (χ0n) is 20.0. The van der Waals surface area contributed by atoms with Crippen LogP contribution in [0.1, 0.15) is 31.3 Å². The first-order valence-corrected chi connectivity index (χ1v) is 11.9. The van der Waals surface area contributed by atoms with Crippen LogP contribution in [0.3, 0.4) is 0 Å². The molecule has 34 heavy (non-hydrogen) atoms. The van der Waals surface area contributed by atoms with Gasteiger partial charge in [0.2, 0.25) is 5.91 Å². The fourth-order valence-electron chi connectivity index (χ4n) is 3.99. The number of piperazine rings is 1. The van der Waals surface area contributed by atoms with Crippen LogP contribution >= 0.6 is 11.6 Å². The second-order valence-corrected chi connectivity index (χ2v) is 9.89. The summed E-state index contributed by atoms with van der Waals surface area (Å²) < 4.78 is 1.88. The van der Waals surface area contributed by atoms with Gasteiger partial charge in [-0.1, -0.05) is 41.9 Å². The second kappa shape index (κ2) is 10.3. The molecule has 10 heteroatoms. The highest BCUT2D eigenvalue weighted by molar-refractivity contribution is 6.30. The Hall–Kier alpha value is -2.72. The van der Waals surface area contributed by atoms with Gasteiger partial charge in [0.05, 0.1) is 16.2 Å². The van der Waals surface area contributed by atoms with E-state index in [1.165, 1.54) is 0 Å². The van der Waals surface area contributed by atoms with Crippen molar-refractivity contribution in [3.05, 3.63) is 59.0 Å². The zero-order chi connectivity index (χ0) is 24.3. The highest BCUT2D eigenvalue weighted by Gasteiger charge is 2.29. The van der Waals surface area contributed by atoms with E-state index in [2.05, 4.69) is 49.8 Å². The average Bonchev–Trinajstić information content (AvgIpc) is 3.22. The van der Waals surface area contributed by atoms with Crippen molar-refractivity contribution in [3.8, 4) is 0 Å². The minimum atomic E-state index is -1.03. The molecule has 4 N–H and O–H groups in total. The van der Waals surface area contributed by atoms with Gasteiger partial charge in [0.1, 0.15) is 6.04 Å². The van der Waals surface area contributed by atoms with E-state index in [1.54, 1.807) is 20.0 Å². The molecule has 0 bridgehead atoms. The molecule has 0 aliphatic carbocycles. The van der Waals surface area contributed by atoms with Crippen molar-refractivity contribution in [2.75, 3.05) is 44.7 Å². The minimum Gasteiger partial charge on any atom is -0.366 e. The van der Waals surface area contributed by atoms with Crippen LogP contribution in [0.25, 0.3) is 5.65 Å². The van der Waals surface area contributed by atoms with Crippen LogP contribution in [0.15, 0.2) is 42.6 Å². The van der Waals surface area contributed by atoms with E-state index in [0.717, 1.165) is 43.1 Å². The van der Waals surface area contributed by atoms with Crippen molar-refractivity contribution >= 4 is 28.8 Å². The van der Waals surface area contributed by atoms with E-state index >= 15 is 0 Å². The van der Waals surface area contributed by atoms with E-state index in [-0.39, 0.29) is 5.91 Å². The minimum absolute atomic E-state index is 0.267. The molecule has 0 spiro atoms. The number of benzene rings is 1. The Balaban J connectivity index is 1.63. The number of nitrogens with two attached hydrogens (primary N) is 1. The summed E-state index contributed by atoms with van der Waals surface area (Å²) in [5.74, 6) is 0.336. The Kier molecular flexibility index (Phi) is 7.37. The standard InChI is InChI=1S/C24H33ClN8O/c1-24(2,26)23(34)28-19(15-27-14-17-7-5-4-6-8-17)21-29-30-22-20(13-18(25)16-33(21)22)32-11-9-31(3)10-12-32/h4-8,13,16,19,27H,9-12,14-15,26H2,1-3H3,(H,28,34)/t19-/m1/s1. The van der Waals surface area contributed by atoms with Crippen LogP contribution in [0.2, 0.25) is 5.02 Å². The number of hydrogen-bond donors (Lipinski definition) is 3. The highest BCUT2D eigenvalue weighted by atomic mass is 35.5. The second-order valence-electron chi connectivity index (χ2n) is 9.45. The van der Waals surface area contributed by atoms with Crippen LogP contribution in [-0.4, -0.2) is 70.7 Å². The number of fused-ring (bicyclic) bond motifs is 1. The summed E-state index contributed by atoms with van der Waals surface area (Å²) in [6, 6.07) is 11.6. The molecule has 3 aromatic rings. The maximum atomic E-state index is 12.8. The van der Waals surface area contributed by atoms with Gasteiger partial charge in [0, 0.05) is 45.5 Å². The monoisotopic (exact) mass is 484 g/mol. The van der Waals surface area contributed by atoms with Gasteiger partial charge in [-0.15, -0.1) is 10.2 Å². The number of hydrogen-bond acceptors (Lipinski definition) is 7. The summed E-state index contributed by atoms with van der Waals surface area (Å²) >= 11 is 6.53. The molecular formula is C24H33ClN8O. The fraction of sp³-hybridized carbons (Fsp3) is 0.458. The van der Waals surface area contributed by atoms with Crippen molar-refractivity contribution in [3.63, 3.8) is 0 Å². The number of likely N-dealkylation sites (N-methyl/N-ethyl adjacent to an activating group) is 1. The largest absolute Gasteiger partial charge is 0.366 e. The lowest BCUT2D eigenvalue weighted by atomic mass is 10.1. The number of carbonyl (C=O) groups is 1. The topological polar surface area (TPSA) is 104 Å². The lowest BCUT2D eigenvalue weighted by Gasteiger charge is -2.34. The molecule has 1 aromatic carbocycles. The molecule has 1 fully saturated rings. The van der Waals surface area contributed by atoms with Crippen LogP contribution in [0, 0.1) is 0 Å². The third-order valence-corrected chi connectivity index (χ3v) is 6.25. The summed E-state index contributed by atoms with van der Waals surface area (Å²) in [6.07, 6.45) is 1.80. The summed E-state index contributed by atoms with van der Waals surface area (Å²) in [5, 5.41) is 16.0. The molecule has 2 aromatic heterocycles. The third-order valence-electron chi connectivity index (χ3n) is 6.04. The van der Waals surface area contributed by atoms with Gasteiger partial charge in [-0.2, -0.15) is 0 Å². The predicted octanol–water partition coefficient (Wildman–Crippen LogP) is 1.82. The molecule has 9 nitrogen and oxygen atoms in total. The average molecular weight is 485 g/mol. The Morgan fingerprint density at radius 2 is 1.88 bits per heavy atom. The number of carbonyl (C=O) groups excluding carboxylic acids is 1. The number of aromatic nitrogens is 3. The van der Waals surface area contributed by atoms with E-state index < -0.39 is 11.6 Å². The maximum absolute atomic E-state index is 12.8. The van der Waals surface area contributed by atoms with Crippen molar-refractivity contribution in [2.24, 2.45) is 5.73 Å². The van der Waals surface area contributed by atoms with Gasteiger partial charge in [-0.3, -0.25) is 9.20 Å². The summed E-state index contributed by atoms with van der Waals surface area (Å²) in [7, 11) is 2.12. The van der Waals surface area contributed by atoms with Gasteiger partial charge >= 0.3 is 0 Å². The van der Waals surface area contributed by atoms with Crippen molar-refractivity contribution in [2.45, 2.75) is 32.0 Å². The van der Waals surface area contributed by atoms with E-state index in [9.17, 15) is 4.79 Å². The number of pyridine rings is 1. The molecule has 0 unspecified atom stereocenters. The van der Waals surface area contributed by atoms with Crippen LogP contribution < -0.4 is 21.3 Å². The maximum Gasteiger partial charge on any atom is 0.240 e. The van der Waals surface area contributed by atoms with E-state index in [1.807, 2.05) is 28.7 Å². The number of halogens is 1. The normalized spacial score (nSPS) is 16.1. The molecule has 0 saturated carbocycles. The quantitative estimate of drug-likeness (QED) is 0.448. The highest BCUT2D eigenvalue weighted by Crippen LogP contribution is 2.28. The Morgan fingerprint density at radius 1 is 1.18 bits per heavy atom. The first-order valence-electron chi connectivity index (χ1n) is 11.5.